The molecule has 0 saturated carbocycles. The maximum atomic E-state index is 12.1. The van der Waals surface area contributed by atoms with Gasteiger partial charge in [0, 0.05) is 12.1 Å². The normalized spacial score (nSPS) is 17.1. The van der Waals surface area contributed by atoms with Crippen LogP contribution < -0.4 is 5.32 Å². The first-order valence-electron chi connectivity index (χ1n) is 7.28. The molecule has 0 saturated heterocycles. The first-order valence-corrected chi connectivity index (χ1v) is 7.28. The Morgan fingerprint density at radius 1 is 1.19 bits per heavy atom. The summed E-state index contributed by atoms with van der Waals surface area (Å²) < 4.78 is 5.80. The summed E-state index contributed by atoms with van der Waals surface area (Å²) in [6, 6.07) is 15.9. The minimum Gasteiger partial charge on any atom is -0.371 e. The van der Waals surface area contributed by atoms with Crippen molar-refractivity contribution in [1.82, 2.24) is 5.32 Å². The molecule has 21 heavy (non-hydrogen) atoms. The molecule has 2 aromatic rings. The summed E-state index contributed by atoms with van der Waals surface area (Å²) in [7, 11) is 0. The Kier molecular flexibility index (Phi) is 4.02. The summed E-state index contributed by atoms with van der Waals surface area (Å²) in [5.74, 6) is -0.0540. The van der Waals surface area contributed by atoms with Crippen molar-refractivity contribution in [2.24, 2.45) is 0 Å². The lowest BCUT2D eigenvalue weighted by atomic mass is 9.97. The van der Waals surface area contributed by atoms with E-state index in [4.69, 9.17) is 4.74 Å². The van der Waals surface area contributed by atoms with Crippen LogP contribution in [-0.2, 0) is 11.2 Å². The maximum absolute atomic E-state index is 12.1. The summed E-state index contributed by atoms with van der Waals surface area (Å²) in [4.78, 5) is 12.1. The van der Waals surface area contributed by atoms with Crippen LogP contribution in [0, 0.1) is 6.92 Å². The Morgan fingerprint density at radius 3 is 2.76 bits per heavy atom. The molecule has 1 aliphatic rings. The van der Waals surface area contributed by atoms with Gasteiger partial charge in [-0.25, -0.2) is 0 Å². The summed E-state index contributed by atoms with van der Waals surface area (Å²) in [5.41, 5.74) is 4.34. The number of hydrogen-bond acceptors (Lipinski definition) is 2. The number of carbonyl (C=O) groups excluding carboxylic acids is 1. The molecule has 3 heteroatoms. The highest BCUT2D eigenvalue weighted by atomic mass is 16.5. The van der Waals surface area contributed by atoms with Gasteiger partial charge in [-0.1, -0.05) is 42.0 Å². The fourth-order valence-corrected chi connectivity index (χ4v) is 2.64. The molecule has 1 N–H and O–H groups in total. The summed E-state index contributed by atoms with van der Waals surface area (Å²) >= 11 is 0. The zero-order valence-corrected chi connectivity index (χ0v) is 12.1. The van der Waals surface area contributed by atoms with Gasteiger partial charge in [-0.3, -0.25) is 4.79 Å². The average Bonchev–Trinajstić information content (AvgIpc) is 2.53. The molecule has 0 aliphatic carbocycles. The highest BCUT2D eigenvalue weighted by molar-refractivity contribution is 5.94. The van der Waals surface area contributed by atoms with E-state index in [-0.39, 0.29) is 12.0 Å². The van der Waals surface area contributed by atoms with Gasteiger partial charge >= 0.3 is 0 Å². The minimum atomic E-state index is -0.0540. The predicted molar refractivity (Wildman–Crippen MR) is 82.4 cm³/mol. The highest BCUT2D eigenvalue weighted by Crippen LogP contribution is 2.26. The molecule has 1 aliphatic heterocycles. The van der Waals surface area contributed by atoms with Gasteiger partial charge in [0.1, 0.15) is 6.10 Å². The van der Waals surface area contributed by atoms with E-state index in [0.29, 0.717) is 18.7 Å². The van der Waals surface area contributed by atoms with E-state index in [0.717, 1.165) is 12.0 Å². The number of ether oxygens (including phenoxy) is 1. The Balaban J connectivity index is 1.66. The standard InChI is InChI=1S/C18H19NO2/c1-13-6-8-15(9-7-13)18(20)19-12-17-16-5-3-2-4-14(16)10-11-21-17/h2-9,17H,10-12H2,1H3,(H,19,20). The molecule has 1 heterocycles. The number of benzene rings is 2. The largest absolute Gasteiger partial charge is 0.371 e. The zero-order valence-electron chi connectivity index (χ0n) is 12.1. The van der Waals surface area contributed by atoms with Crippen LogP contribution in [-0.4, -0.2) is 19.1 Å². The van der Waals surface area contributed by atoms with Gasteiger partial charge in [0.25, 0.3) is 5.91 Å². The second kappa shape index (κ2) is 6.10. The van der Waals surface area contributed by atoms with Crippen LogP contribution in [0.15, 0.2) is 48.5 Å². The van der Waals surface area contributed by atoms with Crippen LogP contribution in [0.25, 0.3) is 0 Å². The zero-order chi connectivity index (χ0) is 14.7. The number of rotatable bonds is 3. The van der Waals surface area contributed by atoms with Gasteiger partial charge in [0.05, 0.1) is 6.61 Å². The van der Waals surface area contributed by atoms with Crippen molar-refractivity contribution >= 4 is 5.91 Å². The third-order valence-electron chi connectivity index (χ3n) is 3.85. The second-order valence-corrected chi connectivity index (χ2v) is 5.38. The van der Waals surface area contributed by atoms with Gasteiger partial charge in [-0.15, -0.1) is 0 Å². The predicted octanol–water partition coefficient (Wildman–Crippen LogP) is 3.04. The topological polar surface area (TPSA) is 38.3 Å². The first-order chi connectivity index (χ1) is 10.2. The van der Waals surface area contributed by atoms with Crippen LogP contribution in [0.2, 0.25) is 0 Å². The quantitative estimate of drug-likeness (QED) is 0.939. The summed E-state index contributed by atoms with van der Waals surface area (Å²) in [5, 5.41) is 2.97. The molecule has 108 valence electrons. The lowest BCUT2D eigenvalue weighted by molar-refractivity contribution is 0.0411. The van der Waals surface area contributed by atoms with E-state index < -0.39 is 0 Å². The molecule has 0 aromatic heterocycles. The molecule has 3 rings (SSSR count). The van der Waals surface area contributed by atoms with Crippen molar-refractivity contribution in [1.29, 1.82) is 0 Å². The van der Waals surface area contributed by atoms with Gasteiger partial charge in [0.2, 0.25) is 0 Å². The third-order valence-corrected chi connectivity index (χ3v) is 3.85. The number of aryl methyl sites for hydroxylation is 1. The van der Waals surface area contributed by atoms with Crippen LogP contribution >= 0.6 is 0 Å². The second-order valence-electron chi connectivity index (χ2n) is 5.38. The number of carbonyl (C=O) groups is 1. The maximum Gasteiger partial charge on any atom is 0.251 e. The molecule has 0 radical (unpaired) electrons. The Hall–Kier alpha value is -2.13. The van der Waals surface area contributed by atoms with Crippen LogP contribution in [0.4, 0.5) is 0 Å². The molecule has 1 atom stereocenters. The van der Waals surface area contributed by atoms with Crippen LogP contribution in [0.1, 0.15) is 33.2 Å². The molecule has 1 amide bonds. The van der Waals surface area contributed by atoms with Crippen molar-refractivity contribution in [3.05, 3.63) is 70.8 Å². The molecule has 1 unspecified atom stereocenters. The summed E-state index contributed by atoms with van der Waals surface area (Å²) in [6.45, 7) is 3.22. The lowest BCUT2D eigenvalue weighted by Crippen LogP contribution is -2.31. The monoisotopic (exact) mass is 281 g/mol. The van der Waals surface area contributed by atoms with Gasteiger partial charge in [-0.2, -0.15) is 0 Å². The molecule has 2 aromatic carbocycles. The van der Waals surface area contributed by atoms with Crippen LogP contribution in [0.3, 0.4) is 0 Å². The van der Waals surface area contributed by atoms with Crippen molar-refractivity contribution in [3.63, 3.8) is 0 Å². The van der Waals surface area contributed by atoms with Gasteiger partial charge in [-0.05, 0) is 36.6 Å². The first kappa shape index (κ1) is 13.8. The van der Waals surface area contributed by atoms with Crippen molar-refractivity contribution < 1.29 is 9.53 Å². The van der Waals surface area contributed by atoms with E-state index in [1.807, 2.05) is 43.3 Å². The smallest absolute Gasteiger partial charge is 0.251 e. The Morgan fingerprint density at radius 2 is 1.95 bits per heavy atom. The molecular weight excluding hydrogens is 262 g/mol. The Labute approximate surface area is 124 Å². The Bertz CT molecular complexity index is 634. The van der Waals surface area contributed by atoms with Crippen molar-refractivity contribution in [2.45, 2.75) is 19.4 Å². The fourth-order valence-electron chi connectivity index (χ4n) is 2.64. The molecule has 0 fully saturated rings. The lowest BCUT2D eigenvalue weighted by Gasteiger charge is -2.26. The molecule has 0 spiro atoms. The van der Waals surface area contributed by atoms with E-state index >= 15 is 0 Å². The number of nitrogens with one attached hydrogen (secondary N) is 1. The average molecular weight is 281 g/mol. The van der Waals surface area contributed by atoms with Crippen molar-refractivity contribution in [3.8, 4) is 0 Å². The molecular formula is C18H19NO2. The van der Waals surface area contributed by atoms with Gasteiger partial charge < -0.3 is 10.1 Å². The minimum absolute atomic E-state index is 0.0515. The summed E-state index contributed by atoms with van der Waals surface area (Å²) in [6.07, 6.45) is 0.892. The van der Waals surface area contributed by atoms with E-state index in [2.05, 4.69) is 17.4 Å². The van der Waals surface area contributed by atoms with E-state index in [1.165, 1.54) is 11.1 Å². The van der Waals surface area contributed by atoms with E-state index in [1.54, 1.807) is 0 Å². The molecule has 0 bridgehead atoms. The number of amides is 1. The number of fused-ring (bicyclic) bond motifs is 1. The molecule has 3 nitrogen and oxygen atoms in total. The van der Waals surface area contributed by atoms with Crippen LogP contribution in [0.5, 0.6) is 0 Å². The third kappa shape index (κ3) is 3.14. The van der Waals surface area contributed by atoms with E-state index in [9.17, 15) is 4.79 Å². The van der Waals surface area contributed by atoms with Crippen molar-refractivity contribution in [2.75, 3.05) is 13.2 Å². The highest BCUT2D eigenvalue weighted by Gasteiger charge is 2.20. The SMILES string of the molecule is Cc1ccc(C(=O)NCC2OCCc3ccccc32)cc1. The number of hydrogen-bond donors (Lipinski definition) is 1. The fraction of sp³-hybridized carbons (Fsp3) is 0.278. The van der Waals surface area contributed by atoms with Gasteiger partial charge in [0.15, 0.2) is 0 Å².